The molecule has 0 radical (unpaired) electrons. The zero-order valence-corrected chi connectivity index (χ0v) is 42.0. The molecule has 0 bridgehead atoms. The van der Waals surface area contributed by atoms with Gasteiger partial charge in [-0.15, -0.1) is 11.8 Å². The third-order valence-corrected chi connectivity index (χ3v) is 15.3. The molecule has 11 heteroatoms. The molecule has 2 saturated heterocycles. The van der Waals surface area contributed by atoms with Gasteiger partial charge in [-0.2, -0.15) is 0 Å². The Bertz CT molecular complexity index is 1580. The monoisotopic (exact) mass is 924 g/mol. The number of hydrogen-bond acceptors (Lipinski definition) is 9. The minimum atomic E-state index is -0.820. The molecule has 368 valence electrons. The van der Waals surface area contributed by atoms with Crippen molar-refractivity contribution in [3.63, 3.8) is 0 Å². The van der Waals surface area contributed by atoms with Crippen LogP contribution in [0.3, 0.4) is 0 Å². The molecule has 2 fully saturated rings. The fourth-order valence-corrected chi connectivity index (χ4v) is 11.3. The Labute approximate surface area is 398 Å². The summed E-state index contributed by atoms with van der Waals surface area (Å²) >= 11 is 1.54. The van der Waals surface area contributed by atoms with Crippen molar-refractivity contribution in [1.82, 2.24) is 10.2 Å². The van der Waals surface area contributed by atoms with E-state index in [4.69, 9.17) is 9.47 Å². The average Bonchev–Trinajstić information content (AvgIpc) is 3.86. The van der Waals surface area contributed by atoms with Gasteiger partial charge < -0.3 is 30.1 Å². The summed E-state index contributed by atoms with van der Waals surface area (Å²) in [4.78, 5) is 55.7. The van der Waals surface area contributed by atoms with Crippen LogP contribution in [0.4, 0.5) is 5.69 Å². The Morgan fingerprint density at radius 3 is 1.66 bits per heavy atom. The molecule has 2 amide bonds. The molecule has 0 saturated carbocycles. The number of esters is 2. The molecule has 0 unspecified atom stereocenters. The van der Waals surface area contributed by atoms with Gasteiger partial charge in [0.2, 0.25) is 11.8 Å². The van der Waals surface area contributed by atoms with Crippen molar-refractivity contribution in [2.24, 2.45) is 11.8 Å². The van der Waals surface area contributed by atoms with Crippen molar-refractivity contribution >= 4 is 41.2 Å². The number of thioether (sulfide) groups is 1. The number of aliphatic hydroxyl groups excluding tert-OH is 1. The van der Waals surface area contributed by atoms with Gasteiger partial charge in [0.05, 0.1) is 42.9 Å². The number of rotatable bonds is 37. The lowest BCUT2D eigenvalue weighted by molar-refractivity contribution is -0.164. The normalized spacial score (nSPS) is 20.8. The molecular weight excluding hydrogens is 835 g/mol. The molecule has 3 aliphatic rings. The van der Waals surface area contributed by atoms with Crippen molar-refractivity contribution in [3.8, 4) is 0 Å². The second-order valence-electron chi connectivity index (χ2n) is 19.4. The summed E-state index contributed by atoms with van der Waals surface area (Å²) in [5.41, 5.74) is 1.24. The first kappa shape index (κ1) is 54.7. The van der Waals surface area contributed by atoms with Gasteiger partial charge in [0.15, 0.2) is 0 Å². The minimum absolute atomic E-state index is 0.0215. The first-order valence-corrected chi connectivity index (χ1v) is 27.5. The SMILES string of the molecule is CCCCCCCCCCCCCCCCOC(=O)C1=C(S[C@@H]2CN[C@H](C(=O)Nc3cccc(C(=O)OCCCCCCCCCCCCCCCC)c3)C2)[C@H](C)[C@@H]2[C@@H]([C@@H](C)O)C(=O)N12. The van der Waals surface area contributed by atoms with Crippen LogP contribution in [0.2, 0.25) is 0 Å². The number of unbranched alkanes of at least 4 members (excludes halogenated alkanes) is 26. The largest absolute Gasteiger partial charge is 0.462 e. The maximum absolute atomic E-state index is 13.7. The standard InChI is InChI=1S/C54H89N3O7S/c1-5-7-9-11-13-15-17-19-21-23-25-27-29-31-36-63-53(61)43-34-33-35-44(38-43)56-51(59)46-39-45(40-55-46)65-50-41(3)48-47(42(4)58)52(60)57(48)49(50)54(62)64-37-32-30-28-26-24-22-20-18-16-14-12-10-8-6-2/h33-35,38,41-42,45-48,55,58H,5-32,36-37,39-40H2,1-4H3,(H,56,59)/t41-,42-,45+,46+,47-,48-/m1/s1. The van der Waals surface area contributed by atoms with Crippen LogP contribution in [0, 0.1) is 11.8 Å². The van der Waals surface area contributed by atoms with Crippen molar-refractivity contribution in [1.29, 1.82) is 0 Å². The van der Waals surface area contributed by atoms with E-state index in [1.54, 1.807) is 47.9 Å². The van der Waals surface area contributed by atoms with E-state index in [-0.39, 0.29) is 35.0 Å². The molecule has 3 aliphatic heterocycles. The fraction of sp³-hybridized carbons (Fsp3) is 0.778. The lowest BCUT2D eigenvalue weighted by atomic mass is 9.79. The summed E-state index contributed by atoms with van der Waals surface area (Å²) in [6.45, 7) is 9.42. The van der Waals surface area contributed by atoms with E-state index in [1.165, 1.54) is 141 Å². The first-order valence-electron chi connectivity index (χ1n) is 26.6. The van der Waals surface area contributed by atoms with Gasteiger partial charge in [-0.05, 0) is 44.4 Å². The summed E-state index contributed by atoms with van der Waals surface area (Å²) in [7, 11) is 0. The number of fused-ring (bicyclic) bond motifs is 1. The molecule has 65 heavy (non-hydrogen) atoms. The Hall–Kier alpha value is -2.89. The second-order valence-corrected chi connectivity index (χ2v) is 20.8. The van der Waals surface area contributed by atoms with E-state index in [0.717, 1.165) is 43.4 Å². The lowest BCUT2D eigenvalue weighted by Gasteiger charge is -2.46. The van der Waals surface area contributed by atoms with Crippen LogP contribution in [0.25, 0.3) is 0 Å². The van der Waals surface area contributed by atoms with Crippen molar-refractivity contribution in [2.75, 3.05) is 25.1 Å². The smallest absolute Gasteiger partial charge is 0.355 e. The predicted molar refractivity (Wildman–Crippen MR) is 267 cm³/mol. The van der Waals surface area contributed by atoms with E-state index in [9.17, 15) is 24.3 Å². The number of nitrogens with one attached hydrogen (secondary N) is 2. The molecule has 0 aliphatic carbocycles. The highest BCUT2D eigenvalue weighted by molar-refractivity contribution is 8.03. The second kappa shape index (κ2) is 32.0. The van der Waals surface area contributed by atoms with E-state index in [2.05, 4.69) is 24.5 Å². The molecule has 1 aromatic carbocycles. The number of anilines is 1. The molecule has 0 spiro atoms. The highest BCUT2D eigenvalue weighted by Crippen LogP contribution is 2.52. The van der Waals surface area contributed by atoms with Gasteiger partial charge in [0, 0.05) is 28.3 Å². The third-order valence-electron chi connectivity index (χ3n) is 13.8. The van der Waals surface area contributed by atoms with Crippen molar-refractivity contribution in [2.45, 2.75) is 237 Å². The fourth-order valence-electron chi connectivity index (χ4n) is 9.87. The van der Waals surface area contributed by atoms with Crippen LogP contribution in [0.1, 0.15) is 224 Å². The zero-order chi connectivity index (χ0) is 46.7. The quantitative estimate of drug-likeness (QED) is 0.0339. The van der Waals surface area contributed by atoms with Crippen LogP contribution in [-0.4, -0.2) is 77.0 Å². The first-order chi connectivity index (χ1) is 31.7. The number of ether oxygens (including phenoxy) is 2. The molecule has 0 aromatic heterocycles. The van der Waals surface area contributed by atoms with E-state index < -0.39 is 24.0 Å². The van der Waals surface area contributed by atoms with Crippen molar-refractivity contribution < 1.29 is 33.8 Å². The molecule has 10 nitrogen and oxygen atoms in total. The van der Waals surface area contributed by atoms with Crippen LogP contribution < -0.4 is 10.6 Å². The van der Waals surface area contributed by atoms with Gasteiger partial charge in [-0.25, -0.2) is 9.59 Å². The predicted octanol–water partition coefficient (Wildman–Crippen LogP) is 12.8. The van der Waals surface area contributed by atoms with E-state index in [1.807, 2.05) is 6.92 Å². The highest BCUT2D eigenvalue weighted by atomic mass is 32.2. The number of aliphatic hydroxyl groups is 1. The number of nitrogens with zero attached hydrogens (tertiary/aromatic N) is 1. The topological polar surface area (TPSA) is 134 Å². The van der Waals surface area contributed by atoms with Gasteiger partial charge in [0.1, 0.15) is 5.70 Å². The van der Waals surface area contributed by atoms with Crippen LogP contribution in [0.5, 0.6) is 0 Å². The van der Waals surface area contributed by atoms with Gasteiger partial charge in [-0.3, -0.25) is 9.59 Å². The average molecular weight is 924 g/mol. The summed E-state index contributed by atoms with van der Waals surface area (Å²) in [6.07, 6.45) is 35.0. The number of β-lactam (4-membered cyclic amide) rings is 1. The highest BCUT2D eigenvalue weighted by Gasteiger charge is 2.60. The van der Waals surface area contributed by atoms with Gasteiger partial charge >= 0.3 is 11.9 Å². The Balaban J connectivity index is 1.14. The Kier molecular flexibility index (Phi) is 26.9. The molecule has 1 aromatic rings. The zero-order valence-electron chi connectivity index (χ0n) is 41.2. The van der Waals surface area contributed by atoms with Crippen LogP contribution in [-0.2, 0) is 23.9 Å². The maximum atomic E-state index is 13.7. The van der Waals surface area contributed by atoms with E-state index >= 15 is 0 Å². The Morgan fingerprint density at radius 2 is 1.18 bits per heavy atom. The third kappa shape index (κ3) is 19.0. The number of benzene rings is 1. The number of amides is 2. The summed E-state index contributed by atoms with van der Waals surface area (Å²) < 4.78 is 11.4. The maximum Gasteiger partial charge on any atom is 0.355 e. The number of carbonyl (C=O) groups excluding carboxylic acids is 4. The van der Waals surface area contributed by atoms with Crippen molar-refractivity contribution in [3.05, 3.63) is 40.4 Å². The number of hydrogen-bond donors (Lipinski definition) is 3. The number of carbonyl (C=O) groups is 4. The van der Waals surface area contributed by atoms with Gasteiger partial charge in [0.25, 0.3) is 0 Å². The molecule has 3 heterocycles. The molecule has 4 rings (SSSR count). The van der Waals surface area contributed by atoms with E-state index in [0.29, 0.717) is 43.1 Å². The molecule has 6 atom stereocenters. The van der Waals surface area contributed by atoms with Gasteiger partial charge in [-0.1, -0.05) is 194 Å². The van der Waals surface area contributed by atoms with Crippen LogP contribution >= 0.6 is 11.8 Å². The minimum Gasteiger partial charge on any atom is -0.462 e. The summed E-state index contributed by atoms with van der Waals surface area (Å²) in [6, 6.07) is 6.12. The lowest BCUT2D eigenvalue weighted by Crippen LogP contribution is -2.63. The molecular formula is C54H89N3O7S. The molecule has 3 N–H and O–H groups in total. The Morgan fingerprint density at radius 1 is 0.723 bits per heavy atom. The summed E-state index contributed by atoms with van der Waals surface area (Å²) in [5, 5.41) is 16.8. The van der Waals surface area contributed by atoms with Crippen LogP contribution in [0.15, 0.2) is 34.9 Å². The summed E-state index contributed by atoms with van der Waals surface area (Å²) in [5.74, 6) is -2.01.